The van der Waals surface area contributed by atoms with Gasteiger partial charge in [-0.15, -0.1) is 0 Å². The van der Waals surface area contributed by atoms with Gasteiger partial charge in [-0.05, 0) is 55.0 Å². The Balaban J connectivity index is 1.06. The molecule has 42 heavy (non-hydrogen) atoms. The van der Waals surface area contributed by atoms with E-state index >= 15 is 0 Å². The van der Waals surface area contributed by atoms with Crippen LogP contribution in [0.2, 0.25) is 0 Å². The second-order valence-corrected chi connectivity index (χ2v) is 10.0. The van der Waals surface area contributed by atoms with Gasteiger partial charge in [0, 0.05) is 24.0 Å². The molecule has 2 N–H and O–H groups in total. The van der Waals surface area contributed by atoms with Gasteiger partial charge in [-0.25, -0.2) is 0 Å². The summed E-state index contributed by atoms with van der Waals surface area (Å²) in [6, 6.07) is 27.1. The Labute approximate surface area is 243 Å². The third-order valence-corrected chi connectivity index (χ3v) is 6.77. The highest BCUT2D eigenvalue weighted by atomic mass is 16.5. The Morgan fingerprint density at radius 1 is 0.595 bits per heavy atom. The van der Waals surface area contributed by atoms with E-state index in [4.69, 9.17) is 9.05 Å². The third kappa shape index (κ3) is 8.44. The number of benzene rings is 3. The summed E-state index contributed by atoms with van der Waals surface area (Å²) >= 11 is 0. The molecule has 0 fully saturated rings. The normalized spacial score (nSPS) is 10.9. The summed E-state index contributed by atoms with van der Waals surface area (Å²) in [4.78, 5) is 25.6. The lowest BCUT2D eigenvalue weighted by Crippen LogP contribution is -2.34. The van der Waals surface area contributed by atoms with E-state index in [2.05, 4.69) is 45.4 Å². The molecule has 0 radical (unpaired) electrons. The van der Waals surface area contributed by atoms with Gasteiger partial charge in [0.25, 0.3) is 24.2 Å². The summed E-state index contributed by atoms with van der Waals surface area (Å²) < 4.78 is 13.9. The van der Waals surface area contributed by atoms with Crippen molar-refractivity contribution in [3.05, 3.63) is 120 Å². The van der Waals surface area contributed by atoms with Gasteiger partial charge in [-0.3, -0.25) is 29.3 Å². The van der Waals surface area contributed by atoms with Crippen LogP contribution in [-0.2, 0) is 25.9 Å². The fraction of sp³-hybridized carbons (Fsp3) is 0.250. The largest absolute Gasteiger partial charge is 0.302 e. The van der Waals surface area contributed by atoms with Gasteiger partial charge in [0.1, 0.15) is 0 Å². The van der Waals surface area contributed by atoms with Gasteiger partial charge in [0.2, 0.25) is 10.5 Å². The Hall–Kier alpha value is -5.12. The Morgan fingerprint density at radius 3 is 1.50 bits per heavy atom. The first-order valence-corrected chi connectivity index (χ1v) is 14.2. The number of unbranched alkanes of at least 4 members (excludes halogenated alkanes) is 2. The van der Waals surface area contributed by atoms with Crippen molar-refractivity contribution in [2.75, 3.05) is 10.6 Å². The average Bonchev–Trinajstić information content (AvgIpc) is 3.67. The Morgan fingerprint density at radius 2 is 1.05 bits per heavy atom. The molecule has 214 valence electrons. The molecule has 0 aliphatic heterocycles. The summed E-state index contributed by atoms with van der Waals surface area (Å²) in [5.74, 6) is -0.365. The number of nitrogens with one attached hydrogen (secondary N) is 2. The number of rotatable bonds is 14. The van der Waals surface area contributed by atoms with E-state index in [-0.39, 0.29) is 11.8 Å². The first-order chi connectivity index (χ1) is 20.6. The van der Waals surface area contributed by atoms with E-state index in [9.17, 15) is 9.59 Å². The lowest BCUT2D eigenvalue weighted by Gasteiger charge is -2.03. The van der Waals surface area contributed by atoms with Gasteiger partial charge in [-0.1, -0.05) is 76.1 Å². The molecule has 0 aliphatic carbocycles. The van der Waals surface area contributed by atoms with Crippen LogP contribution in [-0.4, -0.2) is 22.4 Å². The van der Waals surface area contributed by atoms with Gasteiger partial charge in [0.05, 0.1) is 0 Å². The molecule has 2 aromatic heterocycles. The highest BCUT2D eigenvalue weighted by Crippen LogP contribution is 2.12. The van der Waals surface area contributed by atoms with Crippen LogP contribution < -0.4 is 20.0 Å². The Bertz CT molecular complexity index is 1470. The van der Waals surface area contributed by atoms with Gasteiger partial charge in [0.15, 0.2) is 13.1 Å². The molecule has 3 aromatic carbocycles. The topological polar surface area (TPSA) is 118 Å². The number of carbonyl (C=O) groups excluding carboxylic acids is 2. The second-order valence-electron chi connectivity index (χ2n) is 10.0. The highest BCUT2D eigenvalue weighted by molar-refractivity contribution is 6.08. The number of amides is 2. The van der Waals surface area contributed by atoms with Gasteiger partial charge < -0.3 is 0 Å². The predicted octanol–water partition coefficient (Wildman–Crippen LogP) is 4.79. The van der Waals surface area contributed by atoms with Crippen LogP contribution in [0.1, 0.15) is 57.5 Å². The molecule has 0 bridgehead atoms. The standard InChI is InChI=1S/C32H32N6O4/c39-31(33-29-23-37(35-41-29)20-9-7-16-25-12-3-1-4-13-25)27-18-11-19-28(22-27)32(40)34-30-24-38(36-42-30)21-10-8-17-26-14-5-2-6-15-26/h1-6,11-15,18-19,22-24H,7-10,16-17,20-21H2/p+2. The summed E-state index contributed by atoms with van der Waals surface area (Å²) in [5.41, 5.74) is 3.22. The molecule has 2 amide bonds. The molecule has 0 spiro atoms. The molecule has 0 aliphatic rings. The van der Waals surface area contributed by atoms with Crippen molar-refractivity contribution in [2.45, 2.75) is 51.6 Å². The van der Waals surface area contributed by atoms with E-state index in [0.29, 0.717) is 24.2 Å². The van der Waals surface area contributed by atoms with Crippen molar-refractivity contribution in [1.82, 2.24) is 10.5 Å². The smallest absolute Gasteiger partial charge is 0.285 e. The zero-order valence-electron chi connectivity index (χ0n) is 23.3. The van der Waals surface area contributed by atoms with Crippen LogP contribution in [0.15, 0.2) is 106 Å². The first-order valence-electron chi connectivity index (χ1n) is 14.2. The number of anilines is 2. The second kappa shape index (κ2) is 14.5. The molecular formula is C32H34N6O4+2. The zero-order valence-corrected chi connectivity index (χ0v) is 23.3. The minimum absolute atomic E-state index is 0.230. The summed E-state index contributed by atoms with van der Waals surface area (Å²) in [6.07, 6.45) is 9.19. The molecule has 2 heterocycles. The van der Waals surface area contributed by atoms with Crippen molar-refractivity contribution in [3.8, 4) is 0 Å². The van der Waals surface area contributed by atoms with Gasteiger partial charge >= 0.3 is 11.8 Å². The summed E-state index contributed by atoms with van der Waals surface area (Å²) in [7, 11) is 0. The molecule has 0 saturated carbocycles. The maximum absolute atomic E-state index is 12.8. The molecule has 0 saturated heterocycles. The quantitative estimate of drug-likeness (QED) is 0.147. The molecule has 10 heteroatoms. The minimum Gasteiger partial charge on any atom is -0.285 e. The molecule has 0 unspecified atom stereocenters. The third-order valence-electron chi connectivity index (χ3n) is 6.77. The van der Waals surface area contributed by atoms with Crippen LogP contribution in [0.4, 0.5) is 11.8 Å². The number of carbonyl (C=O) groups is 2. The van der Waals surface area contributed by atoms with Crippen molar-refractivity contribution < 1.29 is 28.0 Å². The molecule has 5 rings (SSSR count). The molecule has 0 atom stereocenters. The van der Waals surface area contributed by atoms with Crippen molar-refractivity contribution in [3.63, 3.8) is 0 Å². The monoisotopic (exact) mass is 566 g/mol. The lowest BCUT2D eigenvalue weighted by molar-refractivity contribution is -0.762. The van der Waals surface area contributed by atoms with E-state index in [1.165, 1.54) is 17.2 Å². The van der Waals surface area contributed by atoms with Crippen LogP contribution in [0.25, 0.3) is 0 Å². The van der Waals surface area contributed by atoms with E-state index < -0.39 is 11.8 Å². The Kier molecular flexibility index (Phi) is 9.80. The van der Waals surface area contributed by atoms with Crippen LogP contribution in [0, 0.1) is 0 Å². The molecular weight excluding hydrogens is 532 g/mol. The number of nitrogens with zero attached hydrogens (tertiary/aromatic N) is 4. The van der Waals surface area contributed by atoms with Crippen molar-refractivity contribution in [2.24, 2.45) is 0 Å². The summed E-state index contributed by atoms with van der Waals surface area (Å²) in [6.45, 7) is 1.36. The summed E-state index contributed by atoms with van der Waals surface area (Å²) in [5, 5.41) is 13.4. The van der Waals surface area contributed by atoms with Crippen molar-refractivity contribution in [1.29, 1.82) is 0 Å². The lowest BCUT2D eigenvalue weighted by atomic mass is 10.1. The maximum atomic E-state index is 12.8. The number of aryl methyl sites for hydroxylation is 4. The van der Waals surface area contributed by atoms with Gasteiger partial charge in [-0.2, -0.15) is 0 Å². The van der Waals surface area contributed by atoms with E-state index in [1.54, 1.807) is 40.0 Å². The first kappa shape index (κ1) is 28.4. The van der Waals surface area contributed by atoms with Crippen LogP contribution in [0.3, 0.4) is 0 Å². The fourth-order valence-electron chi connectivity index (χ4n) is 4.54. The SMILES string of the molecule is O=C(Nc1c[n+](CCCCc2ccccc2)no1)c1cccc(C(=O)Nc2c[n+](CCCCc3ccccc3)no2)c1. The molecule has 5 aromatic rings. The number of aromatic nitrogens is 4. The average molecular weight is 567 g/mol. The molecule has 10 nitrogen and oxygen atoms in total. The zero-order chi connectivity index (χ0) is 29.0. The minimum atomic E-state index is -0.412. The van der Waals surface area contributed by atoms with Crippen LogP contribution >= 0.6 is 0 Å². The predicted molar refractivity (Wildman–Crippen MR) is 155 cm³/mol. The van der Waals surface area contributed by atoms with Crippen LogP contribution in [0.5, 0.6) is 0 Å². The highest BCUT2D eigenvalue weighted by Gasteiger charge is 2.18. The maximum Gasteiger partial charge on any atom is 0.302 e. The fourth-order valence-corrected chi connectivity index (χ4v) is 4.54. The number of hydrogen-bond acceptors (Lipinski definition) is 6. The van der Waals surface area contributed by atoms with Crippen molar-refractivity contribution >= 4 is 23.6 Å². The number of hydrogen-bond donors (Lipinski definition) is 2. The van der Waals surface area contributed by atoms with E-state index in [0.717, 1.165) is 38.5 Å². The van der Waals surface area contributed by atoms with E-state index in [1.807, 2.05) is 36.4 Å².